The zero-order chi connectivity index (χ0) is 22.7. The number of rotatable bonds is 6. The largest absolute Gasteiger partial charge is 0.497 e. The monoisotopic (exact) mass is 466 g/mol. The Morgan fingerprint density at radius 2 is 1.81 bits per heavy atom. The minimum absolute atomic E-state index is 0.0634. The molecule has 0 aromatic heterocycles. The van der Waals surface area contributed by atoms with Gasteiger partial charge in [0, 0.05) is 17.1 Å². The van der Waals surface area contributed by atoms with Crippen molar-refractivity contribution < 1.29 is 14.3 Å². The molecular formula is C25H23ClN2O3S. The molecule has 1 fully saturated rings. The van der Waals surface area contributed by atoms with Crippen LogP contribution in [-0.4, -0.2) is 36.7 Å². The van der Waals surface area contributed by atoms with Gasteiger partial charge in [-0.1, -0.05) is 30.7 Å². The summed E-state index contributed by atoms with van der Waals surface area (Å²) in [4.78, 5) is 20.3. The zero-order valence-electron chi connectivity index (χ0n) is 18.1. The number of amidine groups is 1. The number of hydrogen-bond donors (Lipinski definition) is 0. The van der Waals surface area contributed by atoms with Crippen LogP contribution in [0.1, 0.15) is 18.9 Å². The number of benzene rings is 3. The van der Waals surface area contributed by atoms with E-state index >= 15 is 0 Å². The summed E-state index contributed by atoms with van der Waals surface area (Å²) in [5.41, 5.74) is 1.59. The molecule has 0 N–H and O–H groups in total. The van der Waals surface area contributed by atoms with Gasteiger partial charge in [-0.15, -0.1) is 0 Å². The number of halogens is 1. The Hall–Kier alpha value is -2.96. The molecular weight excluding hydrogens is 444 g/mol. The van der Waals surface area contributed by atoms with E-state index in [1.807, 2.05) is 55.5 Å². The fraction of sp³-hybridized carbons (Fsp3) is 0.200. The second-order valence-electron chi connectivity index (χ2n) is 7.21. The summed E-state index contributed by atoms with van der Waals surface area (Å²) in [7, 11) is 3.27. The van der Waals surface area contributed by atoms with E-state index in [-0.39, 0.29) is 5.91 Å². The molecule has 1 heterocycles. The predicted octanol–water partition coefficient (Wildman–Crippen LogP) is 6.52. The van der Waals surface area contributed by atoms with Gasteiger partial charge in [-0.3, -0.25) is 9.69 Å². The third kappa shape index (κ3) is 4.47. The quantitative estimate of drug-likeness (QED) is 0.388. The van der Waals surface area contributed by atoms with Crippen molar-refractivity contribution in [3.63, 3.8) is 0 Å². The molecule has 4 rings (SSSR count). The van der Waals surface area contributed by atoms with Crippen LogP contribution >= 0.6 is 23.4 Å². The van der Waals surface area contributed by atoms with Crippen LogP contribution in [0.5, 0.6) is 11.5 Å². The van der Waals surface area contributed by atoms with Gasteiger partial charge in [0.15, 0.2) is 5.17 Å². The summed E-state index contributed by atoms with van der Waals surface area (Å²) in [5.74, 6) is 1.37. The van der Waals surface area contributed by atoms with Crippen molar-refractivity contribution in [1.82, 2.24) is 4.90 Å². The van der Waals surface area contributed by atoms with E-state index in [2.05, 4.69) is 0 Å². The minimum atomic E-state index is -0.0634. The molecule has 0 radical (unpaired) electrons. The summed E-state index contributed by atoms with van der Waals surface area (Å²) in [6, 6.07) is 17.0. The van der Waals surface area contributed by atoms with E-state index in [9.17, 15) is 4.79 Å². The number of thioether (sulfide) groups is 1. The first kappa shape index (κ1) is 22.2. The first-order chi connectivity index (χ1) is 15.5. The summed E-state index contributed by atoms with van der Waals surface area (Å²) < 4.78 is 11.0. The van der Waals surface area contributed by atoms with Crippen LogP contribution in [0.4, 0.5) is 5.69 Å². The SMILES string of the molecule is CCCN1C(=O)/C(=C/c2c(OC)ccc3ccc(OC)cc23)SC1=Nc1ccc(Cl)cc1. The van der Waals surface area contributed by atoms with Crippen LogP contribution in [0.15, 0.2) is 64.5 Å². The van der Waals surface area contributed by atoms with Crippen LogP contribution in [0.2, 0.25) is 5.02 Å². The highest BCUT2D eigenvalue weighted by atomic mass is 35.5. The van der Waals surface area contributed by atoms with Crippen molar-refractivity contribution >= 4 is 57.0 Å². The summed E-state index contributed by atoms with van der Waals surface area (Å²) in [5, 5.41) is 3.29. The molecule has 164 valence electrons. The molecule has 0 unspecified atom stereocenters. The molecule has 1 aliphatic heterocycles. The Morgan fingerprint density at radius 1 is 1.06 bits per heavy atom. The van der Waals surface area contributed by atoms with Gasteiger partial charge in [-0.2, -0.15) is 0 Å². The number of carbonyl (C=O) groups is 1. The van der Waals surface area contributed by atoms with E-state index in [4.69, 9.17) is 26.1 Å². The van der Waals surface area contributed by atoms with Gasteiger partial charge in [0.05, 0.1) is 24.8 Å². The summed E-state index contributed by atoms with van der Waals surface area (Å²) in [6.45, 7) is 2.63. The molecule has 5 nitrogen and oxygen atoms in total. The van der Waals surface area contributed by atoms with Gasteiger partial charge in [0.1, 0.15) is 11.5 Å². The Kier molecular flexibility index (Phi) is 6.72. The van der Waals surface area contributed by atoms with E-state index in [0.717, 1.165) is 34.2 Å². The maximum atomic E-state index is 13.3. The van der Waals surface area contributed by atoms with Gasteiger partial charge < -0.3 is 9.47 Å². The van der Waals surface area contributed by atoms with Crippen molar-refractivity contribution in [1.29, 1.82) is 0 Å². The van der Waals surface area contributed by atoms with Crippen molar-refractivity contribution in [2.45, 2.75) is 13.3 Å². The molecule has 0 bridgehead atoms. The van der Waals surface area contributed by atoms with Crippen LogP contribution in [-0.2, 0) is 4.79 Å². The van der Waals surface area contributed by atoms with Gasteiger partial charge in [-0.25, -0.2) is 4.99 Å². The van der Waals surface area contributed by atoms with Crippen molar-refractivity contribution in [2.24, 2.45) is 4.99 Å². The molecule has 0 spiro atoms. The molecule has 0 aliphatic carbocycles. The number of aliphatic imine (C=N–C) groups is 1. The first-order valence-electron chi connectivity index (χ1n) is 10.2. The molecule has 32 heavy (non-hydrogen) atoms. The van der Waals surface area contributed by atoms with Gasteiger partial charge in [0.2, 0.25) is 0 Å². The minimum Gasteiger partial charge on any atom is -0.497 e. The Balaban J connectivity index is 1.81. The average molecular weight is 467 g/mol. The number of methoxy groups -OCH3 is 2. The third-order valence-corrected chi connectivity index (χ3v) is 6.37. The number of amides is 1. The first-order valence-corrected chi connectivity index (χ1v) is 11.4. The molecule has 3 aromatic rings. The molecule has 1 saturated heterocycles. The third-order valence-electron chi connectivity index (χ3n) is 5.11. The smallest absolute Gasteiger partial charge is 0.266 e. The second kappa shape index (κ2) is 9.67. The lowest BCUT2D eigenvalue weighted by Crippen LogP contribution is -2.29. The van der Waals surface area contributed by atoms with Crippen molar-refractivity contribution in [2.75, 3.05) is 20.8 Å². The highest BCUT2D eigenvalue weighted by molar-refractivity contribution is 8.18. The lowest BCUT2D eigenvalue weighted by atomic mass is 10.0. The fourth-order valence-electron chi connectivity index (χ4n) is 3.53. The Bertz CT molecular complexity index is 1220. The number of fused-ring (bicyclic) bond motifs is 1. The van der Waals surface area contributed by atoms with Crippen LogP contribution in [0.25, 0.3) is 16.8 Å². The topological polar surface area (TPSA) is 51.1 Å². The Morgan fingerprint density at radius 3 is 2.50 bits per heavy atom. The fourth-order valence-corrected chi connectivity index (χ4v) is 4.66. The number of hydrogen-bond acceptors (Lipinski definition) is 5. The predicted molar refractivity (Wildman–Crippen MR) is 133 cm³/mol. The molecule has 1 amide bonds. The Labute approximate surface area is 196 Å². The normalized spacial score (nSPS) is 16.4. The molecule has 3 aromatic carbocycles. The van der Waals surface area contributed by atoms with E-state index in [1.54, 1.807) is 31.3 Å². The van der Waals surface area contributed by atoms with Gasteiger partial charge in [0.25, 0.3) is 5.91 Å². The summed E-state index contributed by atoms with van der Waals surface area (Å²) in [6.07, 6.45) is 2.72. The maximum Gasteiger partial charge on any atom is 0.266 e. The number of nitrogens with zero attached hydrogens (tertiary/aromatic N) is 2. The molecule has 1 aliphatic rings. The van der Waals surface area contributed by atoms with Gasteiger partial charge >= 0.3 is 0 Å². The molecule has 7 heteroatoms. The lowest BCUT2D eigenvalue weighted by Gasteiger charge is -2.14. The van der Waals surface area contributed by atoms with Crippen molar-refractivity contribution in [3.8, 4) is 11.5 Å². The average Bonchev–Trinajstić information content (AvgIpc) is 3.09. The summed E-state index contributed by atoms with van der Waals surface area (Å²) >= 11 is 7.36. The van der Waals surface area contributed by atoms with Gasteiger partial charge in [-0.05, 0) is 77.5 Å². The maximum absolute atomic E-state index is 13.3. The van der Waals surface area contributed by atoms with Crippen LogP contribution in [0, 0.1) is 0 Å². The van der Waals surface area contributed by atoms with Crippen LogP contribution in [0.3, 0.4) is 0 Å². The van der Waals surface area contributed by atoms with E-state index < -0.39 is 0 Å². The molecule has 0 saturated carbocycles. The number of ether oxygens (including phenoxy) is 2. The number of carbonyl (C=O) groups excluding carboxylic acids is 1. The lowest BCUT2D eigenvalue weighted by molar-refractivity contribution is -0.122. The van der Waals surface area contributed by atoms with E-state index in [0.29, 0.717) is 27.4 Å². The van der Waals surface area contributed by atoms with Crippen molar-refractivity contribution in [3.05, 3.63) is 70.1 Å². The second-order valence-corrected chi connectivity index (χ2v) is 8.65. The highest BCUT2D eigenvalue weighted by Gasteiger charge is 2.33. The standard InChI is InChI=1S/C25H23ClN2O3S/c1-4-13-28-24(29)23(32-25(28)27-18-9-7-17(26)8-10-18)15-21-20-14-19(30-2)11-5-16(20)6-12-22(21)31-3/h5-12,14-15H,4,13H2,1-3H3/b23-15-,27-25?. The highest BCUT2D eigenvalue weighted by Crippen LogP contribution is 2.38. The molecule has 0 atom stereocenters. The zero-order valence-corrected chi connectivity index (χ0v) is 19.7. The van der Waals surface area contributed by atoms with Crippen LogP contribution < -0.4 is 9.47 Å². The van der Waals surface area contributed by atoms with E-state index in [1.165, 1.54) is 11.8 Å².